The van der Waals surface area contributed by atoms with Crippen molar-refractivity contribution in [3.05, 3.63) is 20.8 Å². The van der Waals surface area contributed by atoms with Crippen LogP contribution in [0.15, 0.2) is 9.59 Å². The molecule has 0 fully saturated rings. The molecule has 1 rings (SSSR count). The quantitative estimate of drug-likeness (QED) is 0.578. The highest BCUT2D eigenvalue weighted by Gasteiger charge is 2.24. The second kappa shape index (κ2) is 5.26. The molecule has 0 amide bonds. The summed E-state index contributed by atoms with van der Waals surface area (Å²) < 4.78 is 1.26. The van der Waals surface area contributed by atoms with E-state index in [4.69, 9.17) is 5.73 Å². The van der Waals surface area contributed by atoms with Gasteiger partial charge in [-0.3, -0.25) is 14.3 Å². The van der Waals surface area contributed by atoms with Gasteiger partial charge in [-0.25, -0.2) is 4.79 Å². The van der Waals surface area contributed by atoms with Crippen LogP contribution in [0.3, 0.4) is 0 Å². The molecule has 0 aliphatic heterocycles. The number of H-pyrrole nitrogens is 1. The van der Waals surface area contributed by atoms with Gasteiger partial charge in [0, 0.05) is 6.54 Å². The molecule has 102 valence electrons. The fourth-order valence-electron chi connectivity index (χ4n) is 1.56. The van der Waals surface area contributed by atoms with Gasteiger partial charge in [-0.1, -0.05) is 6.92 Å². The van der Waals surface area contributed by atoms with Crippen molar-refractivity contribution in [3.8, 4) is 0 Å². The molecule has 7 heteroatoms. The Bertz CT molecular complexity index is 528. The van der Waals surface area contributed by atoms with E-state index in [0.29, 0.717) is 13.0 Å². The number of nitrogens with zero attached hydrogens (tertiary/aromatic N) is 1. The number of aliphatic hydroxyl groups is 1. The molecule has 1 heterocycles. The summed E-state index contributed by atoms with van der Waals surface area (Å²) in [5, 5.41) is 12.2. The maximum atomic E-state index is 11.7. The molecule has 0 spiro atoms. The van der Waals surface area contributed by atoms with E-state index in [-0.39, 0.29) is 18.1 Å². The zero-order valence-corrected chi connectivity index (χ0v) is 10.9. The summed E-state index contributed by atoms with van der Waals surface area (Å²) in [6.45, 7) is 5.62. The van der Waals surface area contributed by atoms with Crippen molar-refractivity contribution >= 4 is 11.5 Å². The molecule has 0 radical (unpaired) electrons. The Hall–Kier alpha value is -1.76. The van der Waals surface area contributed by atoms with Crippen LogP contribution in [0.1, 0.15) is 27.2 Å². The van der Waals surface area contributed by atoms with E-state index >= 15 is 0 Å². The van der Waals surface area contributed by atoms with Crippen molar-refractivity contribution in [2.24, 2.45) is 0 Å². The first kappa shape index (κ1) is 14.3. The Kier molecular flexibility index (Phi) is 4.18. The maximum Gasteiger partial charge on any atom is 0.330 e. The summed E-state index contributed by atoms with van der Waals surface area (Å²) in [4.78, 5) is 25.4. The third-order valence-electron chi connectivity index (χ3n) is 3.11. The number of nitrogen functional groups attached to an aromatic ring is 1. The molecule has 0 saturated heterocycles. The average molecular weight is 256 g/mol. The largest absolute Gasteiger partial charge is 0.394 e. The fraction of sp³-hybridized carbons (Fsp3) is 0.636. The van der Waals surface area contributed by atoms with Crippen molar-refractivity contribution in [2.75, 3.05) is 17.7 Å². The van der Waals surface area contributed by atoms with Gasteiger partial charge in [0.1, 0.15) is 11.5 Å². The van der Waals surface area contributed by atoms with E-state index in [2.05, 4.69) is 10.3 Å². The highest BCUT2D eigenvalue weighted by molar-refractivity contribution is 5.61. The Labute approximate surface area is 105 Å². The second-order valence-electron chi connectivity index (χ2n) is 4.46. The predicted molar refractivity (Wildman–Crippen MR) is 70.8 cm³/mol. The van der Waals surface area contributed by atoms with Gasteiger partial charge in [0.05, 0.1) is 12.1 Å². The lowest BCUT2D eigenvalue weighted by Crippen LogP contribution is -2.42. The van der Waals surface area contributed by atoms with E-state index in [9.17, 15) is 14.7 Å². The SMILES string of the molecule is CCn1c(N)c(NC(C)(CC)CO)c(=O)[nH]c1=O. The normalized spacial score (nSPS) is 14.2. The molecule has 18 heavy (non-hydrogen) atoms. The van der Waals surface area contributed by atoms with Gasteiger partial charge in [-0.15, -0.1) is 0 Å². The van der Waals surface area contributed by atoms with Gasteiger partial charge in [-0.2, -0.15) is 0 Å². The number of hydrogen-bond acceptors (Lipinski definition) is 5. The third-order valence-corrected chi connectivity index (χ3v) is 3.11. The molecule has 1 unspecified atom stereocenters. The van der Waals surface area contributed by atoms with Crippen LogP contribution in [-0.4, -0.2) is 26.8 Å². The number of anilines is 2. The average Bonchev–Trinajstić information content (AvgIpc) is 2.34. The number of aromatic nitrogens is 2. The summed E-state index contributed by atoms with van der Waals surface area (Å²) in [5.41, 5.74) is 4.17. The van der Waals surface area contributed by atoms with Gasteiger partial charge in [0.2, 0.25) is 0 Å². The minimum absolute atomic E-state index is 0.0828. The van der Waals surface area contributed by atoms with Gasteiger partial charge in [0.15, 0.2) is 0 Å². The van der Waals surface area contributed by atoms with Crippen molar-refractivity contribution in [1.29, 1.82) is 0 Å². The molecule has 0 aromatic carbocycles. The molecule has 5 N–H and O–H groups in total. The predicted octanol–water partition coefficient (Wildman–Crippen LogP) is -0.288. The van der Waals surface area contributed by atoms with Crippen LogP contribution in [0.5, 0.6) is 0 Å². The van der Waals surface area contributed by atoms with Gasteiger partial charge in [-0.05, 0) is 20.3 Å². The minimum Gasteiger partial charge on any atom is -0.394 e. The van der Waals surface area contributed by atoms with Crippen LogP contribution in [0.4, 0.5) is 11.5 Å². The lowest BCUT2D eigenvalue weighted by atomic mass is 10.00. The lowest BCUT2D eigenvalue weighted by molar-refractivity contribution is 0.219. The van der Waals surface area contributed by atoms with E-state index in [0.717, 1.165) is 0 Å². The lowest BCUT2D eigenvalue weighted by Gasteiger charge is -2.28. The number of hydrogen-bond donors (Lipinski definition) is 4. The molecule has 0 saturated carbocycles. The van der Waals surface area contributed by atoms with Crippen LogP contribution >= 0.6 is 0 Å². The van der Waals surface area contributed by atoms with Crippen LogP contribution < -0.4 is 22.3 Å². The molecule has 1 aromatic rings. The topological polar surface area (TPSA) is 113 Å². The van der Waals surface area contributed by atoms with Crippen LogP contribution in [0.25, 0.3) is 0 Å². The molecule has 0 bridgehead atoms. The van der Waals surface area contributed by atoms with Gasteiger partial charge >= 0.3 is 5.69 Å². The Morgan fingerprint density at radius 2 is 2.06 bits per heavy atom. The summed E-state index contributed by atoms with van der Waals surface area (Å²) >= 11 is 0. The van der Waals surface area contributed by atoms with E-state index in [1.165, 1.54) is 4.57 Å². The first-order valence-corrected chi connectivity index (χ1v) is 5.90. The monoisotopic (exact) mass is 256 g/mol. The van der Waals surface area contributed by atoms with Crippen LogP contribution in [-0.2, 0) is 6.54 Å². The number of rotatable bonds is 5. The number of nitrogens with two attached hydrogens (primary N) is 1. The molecule has 0 aliphatic carbocycles. The maximum absolute atomic E-state index is 11.7. The first-order valence-electron chi connectivity index (χ1n) is 5.90. The molecule has 7 nitrogen and oxygen atoms in total. The van der Waals surface area contributed by atoms with Crippen molar-refractivity contribution in [2.45, 2.75) is 39.3 Å². The third kappa shape index (κ3) is 2.56. The van der Waals surface area contributed by atoms with Crippen molar-refractivity contribution in [1.82, 2.24) is 9.55 Å². The number of aliphatic hydroxyl groups excluding tert-OH is 1. The van der Waals surface area contributed by atoms with Crippen LogP contribution in [0, 0.1) is 0 Å². The van der Waals surface area contributed by atoms with Crippen molar-refractivity contribution < 1.29 is 5.11 Å². The summed E-state index contributed by atoms with van der Waals surface area (Å²) in [6, 6.07) is 0. The Morgan fingerprint density at radius 1 is 1.44 bits per heavy atom. The van der Waals surface area contributed by atoms with Crippen LogP contribution in [0.2, 0.25) is 0 Å². The van der Waals surface area contributed by atoms with Crippen molar-refractivity contribution in [3.63, 3.8) is 0 Å². The van der Waals surface area contributed by atoms with E-state index in [1.807, 2.05) is 6.92 Å². The van der Waals surface area contributed by atoms with Gasteiger partial charge in [0.25, 0.3) is 5.56 Å². The molecule has 1 atom stereocenters. The number of nitrogens with one attached hydrogen (secondary N) is 2. The summed E-state index contributed by atoms with van der Waals surface area (Å²) in [7, 11) is 0. The summed E-state index contributed by atoms with van der Waals surface area (Å²) in [6.07, 6.45) is 0.605. The Morgan fingerprint density at radius 3 is 2.50 bits per heavy atom. The van der Waals surface area contributed by atoms with E-state index in [1.54, 1.807) is 13.8 Å². The second-order valence-corrected chi connectivity index (χ2v) is 4.46. The highest BCUT2D eigenvalue weighted by atomic mass is 16.3. The smallest absolute Gasteiger partial charge is 0.330 e. The molecule has 1 aromatic heterocycles. The zero-order valence-electron chi connectivity index (χ0n) is 10.9. The minimum atomic E-state index is -0.656. The highest BCUT2D eigenvalue weighted by Crippen LogP contribution is 2.19. The molecular weight excluding hydrogens is 236 g/mol. The standard InChI is InChI=1S/C11H20N4O3/c1-4-11(3,6-16)14-7-8(12)15(5-2)10(18)13-9(7)17/h14,16H,4-6,12H2,1-3H3,(H,13,17,18). The van der Waals surface area contributed by atoms with E-state index < -0.39 is 16.8 Å². The molecule has 0 aliphatic rings. The first-order chi connectivity index (χ1) is 8.38. The summed E-state index contributed by atoms with van der Waals surface area (Å²) in [5.74, 6) is 0.0828. The Balaban J connectivity index is 3.34. The van der Waals surface area contributed by atoms with Gasteiger partial charge < -0.3 is 16.2 Å². The fourth-order valence-corrected chi connectivity index (χ4v) is 1.56. The number of aromatic amines is 1. The molecular formula is C11H20N4O3. The zero-order chi connectivity index (χ0) is 13.9.